The lowest BCUT2D eigenvalue weighted by atomic mass is 10.1. The minimum atomic E-state index is -4.46. The van der Waals surface area contributed by atoms with Crippen molar-refractivity contribution >= 4 is 17.3 Å². The van der Waals surface area contributed by atoms with Gasteiger partial charge in [-0.05, 0) is 18.2 Å². The number of anilines is 1. The molecule has 7 heteroatoms. The predicted octanol–water partition coefficient (Wildman–Crippen LogP) is 3.76. The molecule has 0 aliphatic rings. The molecule has 0 radical (unpaired) electrons. The average Bonchev–Trinajstić information content (AvgIpc) is 2.37. The molecule has 1 heterocycles. The van der Waals surface area contributed by atoms with Crippen LogP contribution in [0.3, 0.4) is 0 Å². The standard InChI is InChI=1S/C12H9ClF3N3/c13-8-1-2-11(10(5-8)12(14,15)16)19-7-9-6-17-3-4-18-9/h1-6,19H,7H2. The number of halogens is 4. The van der Waals surface area contributed by atoms with Gasteiger partial charge in [0.15, 0.2) is 0 Å². The Hall–Kier alpha value is -1.82. The second kappa shape index (κ2) is 5.44. The Balaban J connectivity index is 2.21. The zero-order valence-corrected chi connectivity index (χ0v) is 10.3. The van der Waals surface area contributed by atoms with E-state index in [9.17, 15) is 13.2 Å². The molecule has 0 aliphatic heterocycles. The van der Waals surface area contributed by atoms with Crippen LogP contribution in [0.15, 0.2) is 36.8 Å². The fraction of sp³-hybridized carbons (Fsp3) is 0.167. The third-order valence-corrected chi connectivity index (χ3v) is 2.60. The van der Waals surface area contributed by atoms with Gasteiger partial charge in [0.2, 0.25) is 0 Å². The molecule has 0 atom stereocenters. The summed E-state index contributed by atoms with van der Waals surface area (Å²) >= 11 is 5.59. The molecule has 0 spiro atoms. The number of rotatable bonds is 3. The van der Waals surface area contributed by atoms with Gasteiger partial charge in [-0.3, -0.25) is 9.97 Å². The maximum Gasteiger partial charge on any atom is 0.418 e. The molecular weight excluding hydrogens is 279 g/mol. The van der Waals surface area contributed by atoms with Gasteiger partial charge < -0.3 is 5.32 Å². The number of hydrogen-bond donors (Lipinski definition) is 1. The van der Waals surface area contributed by atoms with Gasteiger partial charge in [-0.1, -0.05) is 11.6 Å². The van der Waals surface area contributed by atoms with Crippen LogP contribution in [0.25, 0.3) is 0 Å². The average molecular weight is 288 g/mol. The molecule has 1 aromatic carbocycles. The van der Waals surface area contributed by atoms with E-state index in [1.54, 1.807) is 0 Å². The SMILES string of the molecule is FC(F)(F)c1cc(Cl)ccc1NCc1cnccn1. The van der Waals surface area contributed by atoms with Crippen molar-refractivity contribution in [1.82, 2.24) is 9.97 Å². The molecule has 0 unspecified atom stereocenters. The highest BCUT2D eigenvalue weighted by molar-refractivity contribution is 6.30. The molecular formula is C12H9ClF3N3. The van der Waals surface area contributed by atoms with Crippen molar-refractivity contribution in [3.8, 4) is 0 Å². The van der Waals surface area contributed by atoms with Crippen LogP contribution in [-0.2, 0) is 12.7 Å². The highest BCUT2D eigenvalue weighted by Gasteiger charge is 2.33. The summed E-state index contributed by atoms with van der Waals surface area (Å²) in [7, 11) is 0. The smallest absolute Gasteiger partial charge is 0.379 e. The van der Waals surface area contributed by atoms with Gasteiger partial charge >= 0.3 is 6.18 Å². The van der Waals surface area contributed by atoms with Crippen molar-refractivity contribution in [2.45, 2.75) is 12.7 Å². The Morgan fingerprint density at radius 3 is 2.63 bits per heavy atom. The number of nitrogens with zero attached hydrogens (tertiary/aromatic N) is 2. The molecule has 0 fully saturated rings. The largest absolute Gasteiger partial charge is 0.418 e. The Morgan fingerprint density at radius 1 is 1.21 bits per heavy atom. The van der Waals surface area contributed by atoms with Crippen molar-refractivity contribution < 1.29 is 13.2 Å². The van der Waals surface area contributed by atoms with Crippen molar-refractivity contribution in [2.75, 3.05) is 5.32 Å². The number of alkyl halides is 3. The van der Waals surface area contributed by atoms with Gasteiger partial charge in [0.1, 0.15) is 0 Å². The van der Waals surface area contributed by atoms with Gasteiger partial charge in [0.05, 0.1) is 24.0 Å². The van der Waals surface area contributed by atoms with Crippen molar-refractivity contribution in [2.24, 2.45) is 0 Å². The molecule has 0 aliphatic carbocycles. The predicted molar refractivity (Wildman–Crippen MR) is 65.8 cm³/mol. The van der Waals surface area contributed by atoms with Gasteiger partial charge in [-0.2, -0.15) is 13.2 Å². The summed E-state index contributed by atoms with van der Waals surface area (Å²) in [5, 5.41) is 2.72. The Bertz CT molecular complexity index is 558. The lowest BCUT2D eigenvalue weighted by Crippen LogP contribution is -2.11. The van der Waals surface area contributed by atoms with E-state index in [-0.39, 0.29) is 17.3 Å². The maximum absolute atomic E-state index is 12.8. The van der Waals surface area contributed by atoms with Crippen LogP contribution < -0.4 is 5.32 Å². The summed E-state index contributed by atoms with van der Waals surface area (Å²) in [4.78, 5) is 7.81. The molecule has 1 aromatic heterocycles. The van der Waals surface area contributed by atoms with Crippen molar-refractivity contribution in [1.29, 1.82) is 0 Å². The van der Waals surface area contributed by atoms with Crippen LogP contribution in [0.2, 0.25) is 5.02 Å². The van der Waals surface area contributed by atoms with Gasteiger partial charge in [0, 0.05) is 23.1 Å². The number of aromatic nitrogens is 2. The van der Waals surface area contributed by atoms with Crippen LogP contribution in [0.1, 0.15) is 11.3 Å². The molecule has 1 N–H and O–H groups in total. The van der Waals surface area contributed by atoms with Crippen LogP contribution in [0.5, 0.6) is 0 Å². The minimum absolute atomic E-state index is 0.0392. The van der Waals surface area contributed by atoms with E-state index >= 15 is 0 Å². The quantitative estimate of drug-likeness (QED) is 0.934. The normalized spacial score (nSPS) is 11.4. The fourth-order valence-corrected chi connectivity index (χ4v) is 1.68. The van der Waals surface area contributed by atoms with Gasteiger partial charge in [-0.15, -0.1) is 0 Å². The Labute approximate surface area is 112 Å². The molecule has 3 nitrogen and oxygen atoms in total. The number of benzene rings is 1. The molecule has 2 aromatic rings. The lowest BCUT2D eigenvalue weighted by molar-refractivity contribution is -0.136. The third kappa shape index (κ3) is 3.57. The minimum Gasteiger partial charge on any atom is -0.379 e. The summed E-state index contributed by atoms with van der Waals surface area (Å²) < 4.78 is 38.5. The molecule has 0 amide bonds. The zero-order chi connectivity index (χ0) is 13.9. The van der Waals surface area contributed by atoms with E-state index in [4.69, 9.17) is 11.6 Å². The number of nitrogens with one attached hydrogen (secondary N) is 1. The highest BCUT2D eigenvalue weighted by atomic mass is 35.5. The van der Waals surface area contributed by atoms with Gasteiger partial charge in [-0.25, -0.2) is 0 Å². The van der Waals surface area contributed by atoms with Gasteiger partial charge in [0.25, 0.3) is 0 Å². The molecule has 100 valence electrons. The second-order valence-corrected chi connectivity index (χ2v) is 4.17. The van der Waals surface area contributed by atoms with Crippen molar-refractivity contribution in [3.05, 3.63) is 53.1 Å². The summed E-state index contributed by atoms with van der Waals surface area (Å²) in [5.74, 6) is 0. The molecule has 2 rings (SSSR count). The third-order valence-electron chi connectivity index (χ3n) is 2.36. The van der Waals surface area contributed by atoms with Crippen molar-refractivity contribution in [3.63, 3.8) is 0 Å². The first-order chi connectivity index (χ1) is 8.97. The summed E-state index contributed by atoms with van der Waals surface area (Å²) in [6.07, 6.45) is -0.0116. The Morgan fingerprint density at radius 2 is 2.00 bits per heavy atom. The Kier molecular flexibility index (Phi) is 3.90. The first-order valence-electron chi connectivity index (χ1n) is 5.32. The van der Waals surface area contributed by atoms with Crippen LogP contribution in [0, 0.1) is 0 Å². The van der Waals surface area contributed by atoms with Crippen LogP contribution in [0.4, 0.5) is 18.9 Å². The monoisotopic (exact) mass is 287 g/mol. The van der Waals surface area contributed by atoms with E-state index in [1.807, 2.05) is 0 Å². The van der Waals surface area contributed by atoms with E-state index in [0.29, 0.717) is 5.69 Å². The fourth-order valence-electron chi connectivity index (χ4n) is 1.51. The molecule has 0 bridgehead atoms. The highest BCUT2D eigenvalue weighted by Crippen LogP contribution is 2.36. The van der Waals surface area contributed by atoms with E-state index in [2.05, 4.69) is 15.3 Å². The summed E-state index contributed by atoms with van der Waals surface area (Å²) in [5.41, 5.74) is -0.294. The second-order valence-electron chi connectivity index (χ2n) is 3.74. The van der Waals surface area contributed by atoms with E-state index in [1.165, 1.54) is 30.7 Å². The number of hydrogen-bond acceptors (Lipinski definition) is 3. The summed E-state index contributed by atoms with van der Waals surface area (Å²) in [6, 6.07) is 3.58. The van der Waals surface area contributed by atoms with Crippen LogP contribution in [-0.4, -0.2) is 9.97 Å². The van der Waals surface area contributed by atoms with E-state index in [0.717, 1.165) is 6.07 Å². The molecule has 19 heavy (non-hydrogen) atoms. The first kappa shape index (κ1) is 13.6. The topological polar surface area (TPSA) is 37.8 Å². The zero-order valence-electron chi connectivity index (χ0n) is 9.58. The first-order valence-corrected chi connectivity index (χ1v) is 5.70. The summed E-state index contributed by atoms with van der Waals surface area (Å²) in [6.45, 7) is 0.151. The van der Waals surface area contributed by atoms with E-state index < -0.39 is 11.7 Å². The van der Waals surface area contributed by atoms with Crippen LogP contribution >= 0.6 is 11.6 Å². The lowest BCUT2D eigenvalue weighted by Gasteiger charge is -2.14. The maximum atomic E-state index is 12.8. The molecule has 0 saturated carbocycles. The molecule has 0 saturated heterocycles.